The van der Waals surface area contributed by atoms with Gasteiger partial charge in [-0.25, -0.2) is 0 Å². The van der Waals surface area contributed by atoms with Crippen LogP contribution < -0.4 is 9.47 Å². The monoisotopic (exact) mass is 509 g/mol. The lowest BCUT2D eigenvalue weighted by Crippen LogP contribution is -2.39. The molecule has 1 amide bonds. The molecule has 0 bridgehead atoms. The van der Waals surface area contributed by atoms with Crippen molar-refractivity contribution in [3.63, 3.8) is 0 Å². The highest BCUT2D eigenvalue weighted by atomic mass is 16.6. The number of amides is 1. The van der Waals surface area contributed by atoms with Crippen LogP contribution in [0.15, 0.2) is 48.0 Å². The lowest BCUT2D eigenvalue weighted by molar-refractivity contribution is -0.384. The van der Waals surface area contributed by atoms with E-state index >= 15 is 0 Å². The summed E-state index contributed by atoms with van der Waals surface area (Å²) in [6.45, 7) is 4.57. The van der Waals surface area contributed by atoms with E-state index in [0.717, 1.165) is 13.1 Å². The van der Waals surface area contributed by atoms with E-state index < -0.39 is 22.7 Å². The smallest absolute Gasteiger partial charge is 0.295 e. The molecule has 11 nitrogen and oxygen atoms in total. The molecule has 1 atom stereocenters. The first-order valence-electron chi connectivity index (χ1n) is 12.2. The van der Waals surface area contributed by atoms with Crippen LogP contribution >= 0.6 is 0 Å². The van der Waals surface area contributed by atoms with Crippen LogP contribution in [0.1, 0.15) is 23.6 Å². The van der Waals surface area contributed by atoms with Gasteiger partial charge >= 0.3 is 0 Å². The Morgan fingerprint density at radius 2 is 1.76 bits per heavy atom. The van der Waals surface area contributed by atoms with Crippen molar-refractivity contribution in [3.05, 3.63) is 69.3 Å². The van der Waals surface area contributed by atoms with Crippen LogP contribution in [0.2, 0.25) is 0 Å². The second kappa shape index (κ2) is 10.6. The van der Waals surface area contributed by atoms with Crippen LogP contribution in [0.25, 0.3) is 5.76 Å². The Morgan fingerprint density at radius 3 is 2.51 bits per heavy atom. The summed E-state index contributed by atoms with van der Waals surface area (Å²) in [4.78, 5) is 41.0. The van der Waals surface area contributed by atoms with Gasteiger partial charge in [0.25, 0.3) is 17.4 Å². The molecule has 3 heterocycles. The Morgan fingerprint density at radius 1 is 1.00 bits per heavy atom. The first-order chi connectivity index (χ1) is 17.9. The van der Waals surface area contributed by atoms with Crippen LogP contribution in [-0.4, -0.2) is 84.1 Å². The summed E-state index contributed by atoms with van der Waals surface area (Å²) < 4.78 is 16.5. The molecule has 0 aliphatic carbocycles. The number of ether oxygens (including phenoxy) is 3. The molecule has 0 saturated carbocycles. The predicted octanol–water partition coefficient (Wildman–Crippen LogP) is 2.51. The summed E-state index contributed by atoms with van der Waals surface area (Å²) in [5.41, 5.74) is 0.370. The number of ketones is 1. The third-order valence-corrected chi connectivity index (χ3v) is 6.73. The van der Waals surface area contributed by atoms with E-state index in [9.17, 15) is 24.8 Å². The SMILES string of the molecule is O=C1C(=O)N(CCCN2CCOCC2)[C@@H](c2cccc([N+](=O)[O-])c2)/C1=C(\O)c1ccc2c(c1)OCCO2. The Labute approximate surface area is 213 Å². The van der Waals surface area contributed by atoms with Crippen LogP contribution in [0.4, 0.5) is 5.69 Å². The van der Waals surface area contributed by atoms with Crippen molar-refractivity contribution >= 4 is 23.1 Å². The number of carbonyl (C=O) groups excluding carboxylic acids is 2. The zero-order valence-corrected chi connectivity index (χ0v) is 20.1. The van der Waals surface area contributed by atoms with Gasteiger partial charge in [0.1, 0.15) is 19.0 Å². The zero-order valence-electron chi connectivity index (χ0n) is 20.1. The molecule has 0 spiro atoms. The molecule has 11 heteroatoms. The average molecular weight is 510 g/mol. The van der Waals surface area contributed by atoms with Crippen molar-refractivity contribution in [3.8, 4) is 11.5 Å². The average Bonchev–Trinajstić information content (AvgIpc) is 3.18. The van der Waals surface area contributed by atoms with Gasteiger partial charge in [0.05, 0.1) is 29.8 Å². The number of hydrogen-bond donors (Lipinski definition) is 1. The summed E-state index contributed by atoms with van der Waals surface area (Å²) in [5.74, 6) is -1.03. The summed E-state index contributed by atoms with van der Waals surface area (Å²) in [5, 5.41) is 22.7. The van der Waals surface area contributed by atoms with Crippen molar-refractivity contribution in [1.29, 1.82) is 0 Å². The molecule has 2 aromatic rings. The van der Waals surface area contributed by atoms with Crippen LogP contribution in [-0.2, 0) is 14.3 Å². The van der Waals surface area contributed by atoms with Crippen molar-refractivity contribution in [2.45, 2.75) is 12.5 Å². The van der Waals surface area contributed by atoms with Crippen molar-refractivity contribution in [2.24, 2.45) is 0 Å². The standard InChI is InChI=1S/C26H27N3O8/c30-24(18-5-6-20-21(16-18)37-14-13-36-20)22-23(17-3-1-4-19(15-17)29(33)34)28(26(32)25(22)31)8-2-7-27-9-11-35-12-10-27/h1,3-6,15-16,23,30H,2,7-14H2/b24-22+/t23-/m0/s1. The van der Waals surface area contributed by atoms with Gasteiger partial charge in [-0.2, -0.15) is 0 Å². The molecule has 2 saturated heterocycles. The first-order valence-corrected chi connectivity index (χ1v) is 12.2. The Bertz CT molecular complexity index is 1250. The van der Waals surface area contributed by atoms with Gasteiger partial charge in [0.2, 0.25) is 0 Å². The Hall–Kier alpha value is -3.96. The minimum absolute atomic E-state index is 0.117. The highest BCUT2D eigenvalue weighted by Crippen LogP contribution is 2.41. The van der Waals surface area contributed by atoms with Gasteiger partial charge in [0.15, 0.2) is 11.5 Å². The maximum Gasteiger partial charge on any atom is 0.295 e. The number of nitrogens with zero attached hydrogens (tertiary/aromatic N) is 3. The number of nitro benzene ring substituents is 1. The number of aliphatic hydroxyl groups is 1. The third kappa shape index (κ3) is 5.00. The van der Waals surface area contributed by atoms with Crippen molar-refractivity contribution in [2.75, 3.05) is 52.6 Å². The summed E-state index contributed by atoms with van der Waals surface area (Å²) in [6.07, 6.45) is 0.586. The van der Waals surface area contributed by atoms with E-state index in [1.807, 2.05) is 0 Å². The molecule has 1 N–H and O–H groups in total. The van der Waals surface area contributed by atoms with Crippen molar-refractivity contribution in [1.82, 2.24) is 9.80 Å². The van der Waals surface area contributed by atoms with Gasteiger partial charge in [-0.15, -0.1) is 0 Å². The van der Waals surface area contributed by atoms with E-state index in [4.69, 9.17) is 14.2 Å². The molecule has 0 unspecified atom stereocenters. The molecule has 37 heavy (non-hydrogen) atoms. The molecular formula is C26H27N3O8. The molecule has 194 valence electrons. The number of rotatable bonds is 7. The fraction of sp³-hybridized carbons (Fsp3) is 0.385. The van der Waals surface area contributed by atoms with E-state index in [-0.39, 0.29) is 29.1 Å². The Kier molecular flexibility index (Phi) is 7.06. The minimum Gasteiger partial charge on any atom is -0.507 e. The van der Waals surface area contributed by atoms with Gasteiger partial charge in [-0.05, 0) is 30.2 Å². The number of carbonyl (C=O) groups is 2. The Balaban J connectivity index is 1.51. The third-order valence-electron chi connectivity index (χ3n) is 6.73. The number of aliphatic hydroxyl groups excluding tert-OH is 1. The maximum atomic E-state index is 13.3. The molecule has 2 fully saturated rings. The fourth-order valence-electron chi connectivity index (χ4n) is 4.90. The van der Waals surface area contributed by atoms with Gasteiger partial charge in [0, 0.05) is 43.9 Å². The second-order valence-corrected chi connectivity index (χ2v) is 9.01. The number of benzene rings is 2. The zero-order chi connectivity index (χ0) is 25.9. The first kappa shape index (κ1) is 24.7. The topological polar surface area (TPSA) is 132 Å². The number of likely N-dealkylation sites (tertiary alicyclic amines) is 1. The summed E-state index contributed by atoms with van der Waals surface area (Å²) in [7, 11) is 0. The van der Waals surface area contributed by atoms with Gasteiger partial charge in [-0.1, -0.05) is 12.1 Å². The molecular weight excluding hydrogens is 482 g/mol. The quantitative estimate of drug-likeness (QED) is 0.197. The lowest BCUT2D eigenvalue weighted by atomic mass is 9.94. The molecule has 0 aromatic heterocycles. The number of Topliss-reactive ketones (excluding diaryl/α,β-unsaturated/α-hetero) is 1. The molecule has 0 radical (unpaired) electrons. The second-order valence-electron chi connectivity index (χ2n) is 9.01. The lowest BCUT2D eigenvalue weighted by Gasteiger charge is -2.29. The van der Waals surface area contributed by atoms with Crippen LogP contribution in [0, 0.1) is 10.1 Å². The van der Waals surface area contributed by atoms with Gasteiger partial charge in [-0.3, -0.25) is 24.6 Å². The molecule has 5 rings (SSSR count). The highest BCUT2D eigenvalue weighted by molar-refractivity contribution is 6.46. The normalized spacial score (nSPS) is 21.3. The summed E-state index contributed by atoms with van der Waals surface area (Å²) >= 11 is 0. The largest absolute Gasteiger partial charge is 0.507 e. The number of hydrogen-bond acceptors (Lipinski definition) is 9. The predicted molar refractivity (Wildman–Crippen MR) is 131 cm³/mol. The van der Waals surface area contributed by atoms with Crippen LogP contribution in [0.3, 0.4) is 0 Å². The molecule has 3 aliphatic heterocycles. The van der Waals surface area contributed by atoms with Crippen molar-refractivity contribution < 1.29 is 33.8 Å². The van der Waals surface area contributed by atoms with E-state index in [1.54, 1.807) is 24.3 Å². The maximum absolute atomic E-state index is 13.3. The van der Waals surface area contributed by atoms with E-state index in [1.165, 1.54) is 23.1 Å². The molecule has 3 aliphatic rings. The number of non-ortho nitro benzene ring substituents is 1. The number of morpholine rings is 1. The van der Waals surface area contributed by atoms with Gasteiger partial charge < -0.3 is 24.2 Å². The number of fused-ring (bicyclic) bond motifs is 1. The van der Waals surface area contributed by atoms with E-state index in [2.05, 4.69) is 4.90 Å². The fourth-order valence-corrected chi connectivity index (χ4v) is 4.90. The minimum atomic E-state index is -0.974. The van der Waals surface area contributed by atoms with Crippen LogP contribution in [0.5, 0.6) is 11.5 Å². The summed E-state index contributed by atoms with van der Waals surface area (Å²) in [6, 6.07) is 9.60. The molecule has 2 aromatic carbocycles. The number of nitro groups is 1. The van der Waals surface area contributed by atoms with E-state index in [0.29, 0.717) is 56.5 Å². The highest BCUT2D eigenvalue weighted by Gasteiger charge is 2.46.